The lowest BCUT2D eigenvalue weighted by molar-refractivity contribution is -0.0139. The minimum atomic E-state index is -3.64. The SMILES string of the molecule is CC1COC(CBr)CN1S(=O)(=O)c1cc(Cl)cc(Cl)c1. The van der Waals surface area contributed by atoms with Gasteiger partial charge in [-0.25, -0.2) is 8.42 Å². The van der Waals surface area contributed by atoms with Crippen molar-refractivity contribution in [3.05, 3.63) is 28.2 Å². The van der Waals surface area contributed by atoms with Crippen LogP contribution in [-0.4, -0.2) is 43.4 Å². The average molecular weight is 403 g/mol. The molecule has 112 valence electrons. The number of nitrogens with zero attached hydrogens (tertiary/aromatic N) is 1. The molecule has 1 aliphatic rings. The molecule has 2 rings (SSSR count). The van der Waals surface area contributed by atoms with E-state index in [1.807, 2.05) is 6.92 Å². The Hall–Kier alpha value is 0.150. The van der Waals surface area contributed by atoms with Crippen molar-refractivity contribution in [2.24, 2.45) is 0 Å². The zero-order valence-corrected chi connectivity index (χ0v) is 14.6. The van der Waals surface area contributed by atoms with E-state index in [0.29, 0.717) is 28.5 Å². The van der Waals surface area contributed by atoms with Gasteiger partial charge in [0.05, 0.1) is 17.6 Å². The number of halogens is 3. The van der Waals surface area contributed by atoms with Crippen LogP contribution in [0.1, 0.15) is 6.92 Å². The molecule has 1 heterocycles. The van der Waals surface area contributed by atoms with E-state index in [4.69, 9.17) is 27.9 Å². The van der Waals surface area contributed by atoms with Crippen LogP contribution in [0, 0.1) is 0 Å². The zero-order chi connectivity index (χ0) is 14.9. The first-order valence-electron chi connectivity index (χ1n) is 6.00. The highest BCUT2D eigenvalue weighted by atomic mass is 79.9. The summed E-state index contributed by atoms with van der Waals surface area (Å²) in [6.45, 7) is 2.48. The number of hydrogen-bond acceptors (Lipinski definition) is 3. The Bertz CT molecular complexity index is 576. The quantitative estimate of drug-likeness (QED) is 0.729. The molecule has 1 aromatic rings. The van der Waals surface area contributed by atoms with Crippen LogP contribution in [0.2, 0.25) is 10.0 Å². The summed E-state index contributed by atoms with van der Waals surface area (Å²) in [6.07, 6.45) is -0.157. The number of hydrogen-bond donors (Lipinski definition) is 0. The maximum absolute atomic E-state index is 12.7. The van der Waals surface area contributed by atoms with Gasteiger partial charge in [-0.15, -0.1) is 0 Å². The Kier molecular flexibility index (Phi) is 5.37. The lowest BCUT2D eigenvalue weighted by Crippen LogP contribution is -2.51. The Labute approximate surface area is 137 Å². The summed E-state index contributed by atoms with van der Waals surface area (Å²) < 4.78 is 32.4. The summed E-state index contributed by atoms with van der Waals surface area (Å²) in [7, 11) is -3.64. The number of rotatable bonds is 3. The average Bonchev–Trinajstić information content (AvgIpc) is 2.38. The van der Waals surface area contributed by atoms with Gasteiger partial charge in [0, 0.05) is 28.0 Å². The van der Waals surface area contributed by atoms with Crippen LogP contribution in [0.3, 0.4) is 0 Å². The second-order valence-electron chi connectivity index (χ2n) is 4.64. The summed E-state index contributed by atoms with van der Waals surface area (Å²) >= 11 is 15.1. The molecule has 0 amide bonds. The van der Waals surface area contributed by atoms with E-state index in [1.165, 1.54) is 22.5 Å². The van der Waals surface area contributed by atoms with Gasteiger partial charge in [-0.3, -0.25) is 0 Å². The molecule has 0 N–H and O–H groups in total. The number of alkyl halides is 1. The van der Waals surface area contributed by atoms with Gasteiger partial charge in [-0.1, -0.05) is 39.1 Å². The fraction of sp³-hybridized carbons (Fsp3) is 0.500. The molecule has 1 aromatic carbocycles. The van der Waals surface area contributed by atoms with Gasteiger partial charge in [0.25, 0.3) is 0 Å². The number of ether oxygens (including phenoxy) is 1. The summed E-state index contributed by atoms with van der Waals surface area (Å²) in [4.78, 5) is 0.108. The highest BCUT2D eigenvalue weighted by Gasteiger charge is 2.35. The van der Waals surface area contributed by atoms with Crippen LogP contribution in [-0.2, 0) is 14.8 Å². The summed E-state index contributed by atoms with van der Waals surface area (Å²) in [6, 6.07) is 4.10. The number of morpholine rings is 1. The molecule has 0 spiro atoms. The standard InChI is InChI=1S/C12H14BrCl2NO3S/c1-8-7-19-11(5-13)6-16(8)20(17,18)12-3-9(14)2-10(15)4-12/h2-4,8,11H,5-7H2,1H3. The van der Waals surface area contributed by atoms with Crippen LogP contribution < -0.4 is 0 Å². The van der Waals surface area contributed by atoms with Gasteiger partial charge in [0.2, 0.25) is 10.0 Å². The van der Waals surface area contributed by atoms with E-state index < -0.39 is 10.0 Å². The van der Waals surface area contributed by atoms with Crippen LogP contribution in [0.15, 0.2) is 23.1 Å². The van der Waals surface area contributed by atoms with Crippen molar-refractivity contribution in [3.63, 3.8) is 0 Å². The molecule has 0 radical (unpaired) electrons. The summed E-state index contributed by atoms with van der Waals surface area (Å²) in [5.41, 5.74) is 0. The predicted octanol–water partition coefficient (Wildman–Crippen LogP) is 3.17. The van der Waals surface area contributed by atoms with Crippen molar-refractivity contribution in [1.82, 2.24) is 4.31 Å². The van der Waals surface area contributed by atoms with Crippen LogP contribution in [0.25, 0.3) is 0 Å². The van der Waals surface area contributed by atoms with E-state index in [9.17, 15) is 8.42 Å². The molecule has 8 heteroatoms. The first kappa shape index (κ1) is 16.5. The largest absolute Gasteiger partial charge is 0.374 e. The smallest absolute Gasteiger partial charge is 0.243 e. The van der Waals surface area contributed by atoms with Gasteiger partial charge < -0.3 is 4.74 Å². The van der Waals surface area contributed by atoms with Gasteiger partial charge in [-0.05, 0) is 25.1 Å². The highest BCUT2D eigenvalue weighted by molar-refractivity contribution is 9.09. The zero-order valence-electron chi connectivity index (χ0n) is 10.7. The summed E-state index contributed by atoms with van der Waals surface area (Å²) in [5.74, 6) is 0. The Morgan fingerprint density at radius 1 is 1.35 bits per heavy atom. The first-order valence-corrected chi connectivity index (χ1v) is 9.32. The van der Waals surface area contributed by atoms with Gasteiger partial charge >= 0.3 is 0 Å². The molecule has 1 fully saturated rings. The molecule has 2 unspecified atom stereocenters. The molecule has 20 heavy (non-hydrogen) atoms. The van der Waals surface area contributed by atoms with Gasteiger partial charge in [0.1, 0.15) is 0 Å². The monoisotopic (exact) mass is 401 g/mol. The third-order valence-corrected chi connectivity index (χ3v) is 6.18. The molecule has 0 saturated carbocycles. The maximum atomic E-state index is 12.7. The normalized spacial score (nSPS) is 24.8. The van der Waals surface area contributed by atoms with Crippen LogP contribution in [0.4, 0.5) is 0 Å². The summed E-state index contributed by atoms with van der Waals surface area (Å²) in [5, 5.41) is 1.19. The molecular weight excluding hydrogens is 389 g/mol. The van der Waals surface area contributed by atoms with E-state index in [1.54, 1.807) is 0 Å². The lowest BCUT2D eigenvalue weighted by atomic mass is 10.2. The van der Waals surface area contributed by atoms with Crippen molar-refractivity contribution < 1.29 is 13.2 Å². The van der Waals surface area contributed by atoms with Crippen molar-refractivity contribution in [2.45, 2.75) is 24.0 Å². The Morgan fingerprint density at radius 3 is 2.50 bits per heavy atom. The minimum absolute atomic E-state index is 0.108. The molecule has 1 saturated heterocycles. The second kappa shape index (κ2) is 6.50. The first-order chi connectivity index (χ1) is 9.34. The third kappa shape index (κ3) is 3.48. The minimum Gasteiger partial charge on any atom is -0.374 e. The van der Waals surface area contributed by atoms with Crippen molar-refractivity contribution >= 4 is 49.2 Å². The third-order valence-electron chi connectivity index (χ3n) is 3.06. The lowest BCUT2D eigenvalue weighted by Gasteiger charge is -2.36. The topological polar surface area (TPSA) is 46.6 Å². The van der Waals surface area contributed by atoms with Gasteiger partial charge in [-0.2, -0.15) is 4.31 Å². The molecule has 4 nitrogen and oxygen atoms in total. The fourth-order valence-corrected chi connectivity index (χ4v) is 4.80. The number of benzene rings is 1. The fourth-order valence-electron chi connectivity index (χ4n) is 2.03. The Morgan fingerprint density at radius 2 is 1.95 bits per heavy atom. The molecule has 2 atom stereocenters. The van der Waals surface area contributed by atoms with E-state index in [-0.39, 0.29) is 17.0 Å². The second-order valence-corrected chi connectivity index (χ2v) is 8.05. The molecule has 1 aliphatic heterocycles. The van der Waals surface area contributed by atoms with Crippen molar-refractivity contribution in [1.29, 1.82) is 0 Å². The van der Waals surface area contributed by atoms with Crippen LogP contribution in [0.5, 0.6) is 0 Å². The molecule has 0 aromatic heterocycles. The molecular formula is C12H14BrCl2NO3S. The van der Waals surface area contributed by atoms with Crippen LogP contribution >= 0.6 is 39.1 Å². The van der Waals surface area contributed by atoms with E-state index in [0.717, 1.165) is 0 Å². The van der Waals surface area contributed by atoms with Gasteiger partial charge in [0.15, 0.2) is 0 Å². The highest BCUT2D eigenvalue weighted by Crippen LogP contribution is 2.27. The van der Waals surface area contributed by atoms with Crippen molar-refractivity contribution in [2.75, 3.05) is 18.5 Å². The van der Waals surface area contributed by atoms with E-state index in [2.05, 4.69) is 15.9 Å². The molecule has 0 aliphatic carbocycles. The number of sulfonamides is 1. The predicted molar refractivity (Wildman–Crippen MR) is 83.3 cm³/mol. The molecule has 0 bridgehead atoms. The van der Waals surface area contributed by atoms with E-state index >= 15 is 0 Å². The van der Waals surface area contributed by atoms with Crippen molar-refractivity contribution in [3.8, 4) is 0 Å². The Balaban J connectivity index is 2.37. The maximum Gasteiger partial charge on any atom is 0.243 e.